The van der Waals surface area contributed by atoms with Crippen LogP contribution in [0.25, 0.3) is 0 Å². The van der Waals surface area contributed by atoms with Gasteiger partial charge in [-0.2, -0.15) is 0 Å². The fourth-order valence-corrected chi connectivity index (χ4v) is 3.68. The molecule has 1 aromatic rings. The molecule has 0 radical (unpaired) electrons. The minimum absolute atomic E-state index is 0.617. The van der Waals surface area contributed by atoms with Crippen molar-refractivity contribution in [3.63, 3.8) is 0 Å². The summed E-state index contributed by atoms with van der Waals surface area (Å²) in [5.41, 5.74) is 0. The Bertz CT molecular complexity index is 368. The van der Waals surface area contributed by atoms with Gasteiger partial charge < -0.3 is 14.8 Å². The van der Waals surface area contributed by atoms with Crippen molar-refractivity contribution < 1.29 is 0 Å². The average molecular weight is 262 g/mol. The molecule has 1 saturated heterocycles. The molecule has 0 amide bonds. The molecule has 2 heterocycles. The van der Waals surface area contributed by atoms with Crippen molar-refractivity contribution in [2.75, 3.05) is 19.6 Å². The van der Waals surface area contributed by atoms with E-state index in [2.05, 4.69) is 32.9 Å². The van der Waals surface area contributed by atoms with E-state index in [4.69, 9.17) is 0 Å². The smallest absolute Gasteiger partial charge is 0.0949 e. The summed E-state index contributed by atoms with van der Waals surface area (Å²) in [6, 6.07) is 1.98. The van der Waals surface area contributed by atoms with E-state index in [0.717, 1.165) is 6.04 Å². The van der Waals surface area contributed by atoms with E-state index in [-0.39, 0.29) is 0 Å². The first-order chi connectivity index (χ1) is 9.36. The van der Waals surface area contributed by atoms with Gasteiger partial charge in [0.25, 0.3) is 0 Å². The molecule has 4 heteroatoms. The third-order valence-corrected chi connectivity index (χ3v) is 4.87. The summed E-state index contributed by atoms with van der Waals surface area (Å²) in [6.45, 7) is 5.99. The lowest BCUT2D eigenvalue weighted by molar-refractivity contribution is 0.192. The maximum Gasteiger partial charge on any atom is 0.0949 e. The van der Waals surface area contributed by atoms with Crippen LogP contribution in [0.4, 0.5) is 0 Å². The van der Waals surface area contributed by atoms with Crippen LogP contribution in [0.3, 0.4) is 0 Å². The molecule has 0 bridgehead atoms. The minimum atomic E-state index is 0.617. The summed E-state index contributed by atoms with van der Waals surface area (Å²) in [5.74, 6) is 0. The Labute approximate surface area is 116 Å². The molecule has 1 aliphatic heterocycles. The van der Waals surface area contributed by atoms with E-state index in [9.17, 15) is 0 Å². The molecule has 1 N–H and O–H groups in total. The number of piperidine rings is 1. The molecular weight excluding hydrogens is 236 g/mol. The van der Waals surface area contributed by atoms with Crippen LogP contribution in [0.1, 0.15) is 45.1 Å². The highest BCUT2D eigenvalue weighted by molar-refractivity contribution is 4.93. The molecule has 106 valence electrons. The molecular formula is C15H26N4. The second-order valence-corrected chi connectivity index (χ2v) is 5.99. The van der Waals surface area contributed by atoms with Gasteiger partial charge >= 0.3 is 0 Å². The van der Waals surface area contributed by atoms with Gasteiger partial charge in [0.2, 0.25) is 0 Å². The van der Waals surface area contributed by atoms with E-state index in [1.54, 1.807) is 0 Å². The Hall–Kier alpha value is -0.870. The van der Waals surface area contributed by atoms with Crippen LogP contribution in [-0.4, -0.2) is 46.2 Å². The summed E-state index contributed by atoms with van der Waals surface area (Å²) in [4.78, 5) is 6.75. The summed E-state index contributed by atoms with van der Waals surface area (Å²) in [7, 11) is 0. The van der Waals surface area contributed by atoms with E-state index < -0.39 is 0 Å². The van der Waals surface area contributed by atoms with Crippen LogP contribution in [-0.2, 0) is 0 Å². The summed E-state index contributed by atoms with van der Waals surface area (Å²) in [5, 5.41) is 3.93. The normalized spacial score (nSPS) is 29.9. The van der Waals surface area contributed by atoms with Gasteiger partial charge in [-0.3, -0.25) is 0 Å². The van der Waals surface area contributed by atoms with Crippen LogP contribution >= 0.6 is 0 Å². The van der Waals surface area contributed by atoms with Gasteiger partial charge in [0.05, 0.1) is 6.33 Å². The Morgan fingerprint density at radius 2 is 2.05 bits per heavy atom. The fraction of sp³-hybridized carbons (Fsp3) is 0.800. The van der Waals surface area contributed by atoms with Crippen LogP contribution in [0, 0.1) is 0 Å². The highest BCUT2D eigenvalue weighted by Gasteiger charge is 2.30. The maximum atomic E-state index is 4.20. The minimum Gasteiger partial charge on any atom is -0.333 e. The molecule has 19 heavy (non-hydrogen) atoms. The summed E-state index contributed by atoms with van der Waals surface area (Å²) < 4.78 is 2.30. The molecule has 1 aliphatic carbocycles. The average Bonchev–Trinajstić information content (AvgIpc) is 3.10. The van der Waals surface area contributed by atoms with Gasteiger partial charge in [-0.1, -0.05) is 6.92 Å². The highest BCUT2D eigenvalue weighted by atomic mass is 15.2. The molecule has 1 aromatic heterocycles. The number of likely N-dealkylation sites (tertiary alicyclic amines) is 1. The van der Waals surface area contributed by atoms with Gasteiger partial charge in [-0.15, -0.1) is 0 Å². The summed E-state index contributed by atoms with van der Waals surface area (Å²) >= 11 is 0. The molecule has 0 spiro atoms. The molecule has 2 unspecified atom stereocenters. The van der Waals surface area contributed by atoms with Crippen LogP contribution < -0.4 is 5.32 Å². The van der Waals surface area contributed by atoms with Crippen molar-refractivity contribution in [1.82, 2.24) is 19.8 Å². The van der Waals surface area contributed by atoms with E-state index >= 15 is 0 Å². The molecule has 2 atom stereocenters. The number of hydrogen-bond acceptors (Lipinski definition) is 3. The van der Waals surface area contributed by atoms with E-state index in [0.29, 0.717) is 12.1 Å². The van der Waals surface area contributed by atoms with Crippen molar-refractivity contribution in [1.29, 1.82) is 0 Å². The predicted octanol–water partition coefficient (Wildman–Crippen LogP) is 2.05. The first kappa shape index (κ1) is 13.1. The Kier molecular flexibility index (Phi) is 4.18. The molecule has 3 rings (SSSR count). The van der Waals surface area contributed by atoms with Gasteiger partial charge in [0.15, 0.2) is 0 Å². The van der Waals surface area contributed by atoms with Gasteiger partial charge in [-0.05, 0) is 51.7 Å². The van der Waals surface area contributed by atoms with Crippen LogP contribution in [0.5, 0.6) is 0 Å². The van der Waals surface area contributed by atoms with Gasteiger partial charge in [0.1, 0.15) is 0 Å². The fourth-order valence-electron chi connectivity index (χ4n) is 3.68. The summed E-state index contributed by atoms with van der Waals surface area (Å²) in [6.07, 6.45) is 12.6. The third kappa shape index (κ3) is 3.00. The molecule has 4 nitrogen and oxygen atoms in total. The standard InChI is InChI=1S/C15H26N4/c1-2-18-9-6-13(7-10-18)17-14-4-3-5-15(14)19-11-8-16-12-19/h8,11-15,17H,2-7,9-10H2,1H3. The Balaban J connectivity index is 1.55. The Morgan fingerprint density at radius 3 is 2.74 bits per heavy atom. The third-order valence-electron chi connectivity index (χ3n) is 4.87. The lowest BCUT2D eigenvalue weighted by Crippen LogP contribution is -2.47. The second-order valence-electron chi connectivity index (χ2n) is 5.99. The first-order valence-electron chi connectivity index (χ1n) is 7.82. The van der Waals surface area contributed by atoms with Crippen LogP contribution in [0.15, 0.2) is 18.7 Å². The zero-order chi connectivity index (χ0) is 13.1. The monoisotopic (exact) mass is 262 g/mol. The molecule has 1 saturated carbocycles. The SMILES string of the molecule is CCN1CCC(NC2CCCC2n2ccnc2)CC1. The van der Waals surface area contributed by atoms with Gasteiger partial charge in [0, 0.05) is 30.5 Å². The predicted molar refractivity (Wildman–Crippen MR) is 77.2 cm³/mol. The largest absolute Gasteiger partial charge is 0.333 e. The van der Waals surface area contributed by atoms with E-state index in [1.165, 1.54) is 51.7 Å². The molecule has 2 aliphatic rings. The zero-order valence-electron chi connectivity index (χ0n) is 12.0. The number of imidazole rings is 1. The number of aromatic nitrogens is 2. The maximum absolute atomic E-state index is 4.20. The first-order valence-corrected chi connectivity index (χ1v) is 7.82. The van der Waals surface area contributed by atoms with Crippen molar-refractivity contribution in [3.8, 4) is 0 Å². The lowest BCUT2D eigenvalue weighted by Gasteiger charge is -2.34. The van der Waals surface area contributed by atoms with Crippen molar-refractivity contribution in [2.24, 2.45) is 0 Å². The topological polar surface area (TPSA) is 33.1 Å². The van der Waals surface area contributed by atoms with Crippen LogP contribution in [0.2, 0.25) is 0 Å². The Morgan fingerprint density at radius 1 is 1.21 bits per heavy atom. The number of nitrogens with zero attached hydrogens (tertiary/aromatic N) is 3. The van der Waals surface area contributed by atoms with Gasteiger partial charge in [-0.25, -0.2) is 4.98 Å². The molecule has 2 fully saturated rings. The molecule has 0 aromatic carbocycles. The van der Waals surface area contributed by atoms with E-state index in [1.807, 2.05) is 12.5 Å². The van der Waals surface area contributed by atoms with Crippen molar-refractivity contribution in [2.45, 2.75) is 57.2 Å². The lowest BCUT2D eigenvalue weighted by atomic mass is 10.0. The quantitative estimate of drug-likeness (QED) is 0.901. The second kappa shape index (κ2) is 6.06. The number of hydrogen-bond donors (Lipinski definition) is 1. The number of rotatable bonds is 4. The van der Waals surface area contributed by atoms with Crippen molar-refractivity contribution in [3.05, 3.63) is 18.7 Å². The zero-order valence-corrected chi connectivity index (χ0v) is 12.0. The highest BCUT2D eigenvalue weighted by Crippen LogP contribution is 2.30. The number of nitrogens with one attached hydrogen (secondary N) is 1. The van der Waals surface area contributed by atoms with Crippen molar-refractivity contribution >= 4 is 0 Å².